The summed E-state index contributed by atoms with van der Waals surface area (Å²) in [6, 6.07) is -0.353. The van der Waals surface area contributed by atoms with Crippen molar-refractivity contribution in [1.82, 2.24) is 15.3 Å². The molecular formula is C16H28N3O6P. The van der Waals surface area contributed by atoms with Crippen molar-refractivity contribution in [2.45, 2.75) is 45.6 Å². The predicted molar refractivity (Wildman–Crippen MR) is 97.4 cm³/mol. The van der Waals surface area contributed by atoms with Crippen LogP contribution in [0.1, 0.15) is 27.2 Å². The number of rotatable bonds is 10. The maximum atomic E-state index is 12.0. The number of hydrogen-bond donors (Lipinski definition) is 2. The lowest BCUT2D eigenvalue weighted by Gasteiger charge is -2.27. The number of carbonyl (C=O) groups is 3. The Bertz CT molecular complexity index is 502. The van der Waals surface area contributed by atoms with E-state index >= 15 is 0 Å². The summed E-state index contributed by atoms with van der Waals surface area (Å²) < 4.78 is 16.4. The molecule has 4 atom stereocenters. The minimum absolute atomic E-state index is 0.0613. The SMILES string of the molecule is CNC(=O)N(/C=C\C=O)C1OC(COPNCC(=O)OC(C)C)CC1C. The normalized spacial score (nSPS) is 23.0. The van der Waals surface area contributed by atoms with Crippen LogP contribution in [0.25, 0.3) is 0 Å². The molecule has 0 aromatic rings. The molecule has 10 heteroatoms. The highest BCUT2D eigenvalue weighted by molar-refractivity contribution is 7.29. The van der Waals surface area contributed by atoms with Crippen molar-refractivity contribution in [1.29, 1.82) is 0 Å². The van der Waals surface area contributed by atoms with Gasteiger partial charge in [-0.2, -0.15) is 0 Å². The van der Waals surface area contributed by atoms with Gasteiger partial charge in [0.15, 0.2) is 0 Å². The first-order valence-electron chi connectivity index (χ1n) is 8.45. The minimum atomic E-state index is -0.475. The molecule has 0 saturated carbocycles. The van der Waals surface area contributed by atoms with Gasteiger partial charge in [-0.25, -0.2) is 4.79 Å². The molecule has 1 rings (SSSR count). The molecule has 2 amide bonds. The predicted octanol–water partition coefficient (Wildman–Crippen LogP) is 1.16. The van der Waals surface area contributed by atoms with Crippen LogP contribution in [0.3, 0.4) is 0 Å². The molecule has 0 bridgehead atoms. The third-order valence-electron chi connectivity index (χ3n) is 3.51. The molecule has 0 aromatic carbocycles. The fourth-order valence-corrected chi connectivity index (χ4v) is 3.08. The molecule has 1 aliphatic rings. The monoisotopic (exact) mass is 389 g/mol. The Morgan fingerprint density at radius 2 is 2.15 bits per heavy atom. The van der Waals surface area contributed by atoms with Crippen LogP contribution in [0.15, 0.2) is 12.3 Å². The lowest BCUT2D eigenvalue weighted by Crippen LogP contribution is -2.44. The van der Waals surface area contributed by atoms with Gasteiger partial charge in [0.25, 0.3) is 0 Å². The van der Waals surface area contributed by atoms with Crippen molar-refractivity contribution in [3.8, 4) is 0 Å². The summed E-state index contributed by atoms with van der Waals surface area (Å²) >= 11 is 0. The maximum absolute atomic E-state index is 12.0. The minimum Gasteiger partial charge on any atom is -0.462 e. The van der Waals surface area contributed by atoms with Crippen LogP contribution < -0.4 is 10.4 Å². The molecule has 0 aromatic heterocycles. The van der Waals surface area contributed by atoms with Crippen LogP contribution >= 0.6 is 8.96 Å². The smallest absolute Gasteiger partial charge is 0.323 e. The van der Waals surface area contributed by atoms with Gasteiger partial charge in [-0.3, -0.25) is 19.6 Å². The summed E-state index contributed by atoms with van der Waals surface area (Å²) in [5.74, 6) is -0.250. The van der Waals surface area contributed by atoms with Gasteiger partial charge in [0.05, 0.1) is 34.3 Å². The zero-order valence-corrected chi connectivity index (χ0v) is 16.6. The van der Waals surface area contributed by atoms with Crippen LogP contribution in [0.5, 0.6) is 0 Å². The summed E-state index contributed by atoms with van der Waals surface area (Å²) in [5.41, 5.74) is 0. The van der Waals surface area contributed by atoms with Crippen molar-refractivity contribution in [3.05, 3.63) is 12.3 Å². The fraction of sp³-hybridized carbons (Fsp3) is 0.688. The maximum Gasteiger partial charge on any atom is 0.323 e. The molecule has 0 radical (unpaired) electrons. The van der Waals surface area contributed by atoms with Gasteiger partial charge in [-0.1, -0.05) is 6.92 Å². The van der Waals surface area contributed by atoms with E-state index in [2.05, 4.69) is 10.4 Å². The topological polar surface area (TPSA) is 106 Å². The molecule has 2 N–H and O–H groups in total. The van der Waals surface area contributed by atoms with Crippen molar-refractivity contribution in [2.24, 2.45) is 5.92 Å². The Morgan fingerprint density at radius 3 is 2.77 bits per heavy atom. The number of carbonyl (C=O) groups excluding carboxylic acids is 3. The number of aldehydes is 1. The molecule has 1 heterocycles. The van der Waals surface area contributed by atoms with Gasteiger partial charge in [-0.05, 0) is 26.3 Å². The quantitative estimate of drug-likeness (QED) is 0.190. The number of nitrogens with one attached hydrogen (secondary N) is 2. The molecule has 9 nitrogen and oxygen atoms in total. The molecule has 26 heavy (non-hydrogen) atoms. The number of nitrogens with zero attached hydrogens (tertiary/aromatic N) is 1. The number of amides is 2. The van der Waals surface area contributed by atoms with E-state index in [0.717, 1.165) is 0 Å². The Balaban J connectivity index is 2.38. The largest absolute Gasteiger partial charge is 0.462 e. The van der Waals surface area contributed by atoms with E-state index in [4.69, 9.17) is 14.0 Å². The Kier molecular flexibility index (Phi) is 10.3. The molecule has 4 unspecified atom stereocenters. The summed E-state index contributed by atoms with van der Waals surface area (Å²) in [5, 5.41) is 5.39. The molecular weight excluding hydrogens is 361 g/mol. The molecule has 0 spiro atoms. The third kappa shape index (κ3) is 7.78. The second kappa shape index (κ2) is 12.0. The second-order valence-electron chi connectivity index (χ2n) is 6.11. The van der Waals surface area contributed by atoms with Gasteiger partial charge in [0.2, 0.25) is 0 Å². The highest BCUT2D eigenvalue weighted by atomic mass is 31.1. The number of hydrogen-bond acceptors (Lipinski definition) is 7. The first-order chi connectivity index (χ1) is 12.4. The zero-order chi connectivity index (χ0) is 19.5. The van der Waals surface area contributed by atoms with Crippen LogP contribution in [-0.2, 0) is 23.6 Å². The lowest BCUT2D eigenvalue weighted by atomic mass is 10.1. The molecule has 1 saturated heterocycles. The Hall–Kier alpha value is -1.54. The average molecular weight is 389 g/mol. The standard InChI is InChI=1S/C16H28N3O6P/c1-11(2)24-14(21)9-18-26-23-10-13-8-12(3)15(25-13)19(6-5-7-20)16(22)17-4/h5-7,11-13,15,18,26H,8-10H2,1-4H3,(H,17,22)/b6-5-. The van der Waals surface area contributed by atoms with Crippen LogP contribution in [0.4, 0.5) is 4.79 Å². The van der Waals surface area contributed by atoms with Crippen LogP contribution in [-0.4, -0.2) is 61.8 Å². The summed E-state index contributed by atoms with van der Waals surface area (Å²) in [4.78, 5) is 35.3. The number of urea groups is 1. The number of allylic oxidation sites excluding steroid dienone is 1. The van der Waals surface area contributed by atoms with Crippen molar-refractivity contribution < 1.29 is 28.4 Å². The van der Waals surface area contributed by atoms with E-state index < -0.39 is 6.23 Å². The van der Waals surface area contributed by atoms with Crippen LogP contribution in [0.2, 0.25) is 0 Å². The van der Waals surface area contributed by atoms with Crippen molar-refractivity contribution in [3.63, 3.8) is 0 Å². The Labute approximate surface area is 155 Å². The fourth-order valence-electron chi connectivity index (χ4n) is 2.49. The van der Waals surface area contributed by atoms with E-state index in [1.54, 1.807) is 13.8 Å². The lowest BCUT2D eigenvalue weighted by molar-refractivity contribution is -0.145. The van der Waals surface area contributed by atoms with Gasteiger partial charge in [-0.15, -0.1) is 0 Å². The van der Waals surface area contributed by atoms with Gasteiger partial charge in [0, 0.05) is 19.2 Å². The molecule has 1 fully saturated rings. The summed E-state index contributed by atoms with van der Waals surface area (Å²) in [6.45, 7) is 5.97. The summed E-state index contributed by atoms with van der Waals surface area (Å²) in [7, 11) is 1.45. The summed E-state index contributed by atoms with van der Waals surface area (Å²) in [6.07, 6.45) is 3.17. The van der Waals surface area contributed by atoms with Crippen LogP contribution in [0, 0.1) is 5.92 Å². The van der Waals surface area contributed by atoms with Crippen molar-refractivity contribution >= 4 is 27.2 Å². The zero-order valence-electron chi connectivity index (χ0n) is 15.6. The van der Waals surface area contributed by atoms with E-state index in [0.29, 0.717) is 19.3 Å². The second-order valence-corrected chi connectivity index (χ2v) is 6.95. The van der Waals surface area contributed by atoms with Gasteiger partial charge < -0.3 is 19.3 Å². The molecule has 0 aliphatic carbocycles. The third-order valence-corrected chi connectivity index (χ3v) is 4.15. The van der Waals surface area contributed by atoms with Gasteiger partial charge in [0.1, 0.15) is 12.5 Å². The highest BCUT2D eigenvalue weighted by Gasteiger charge is 2.37. The number of ether oxygens (including phenoxy) is 2. The first-order valence-corrected chi connectivity index (χ1v) is 9.36. The Morgan fingerprint density at radius 1 is 1.42 bits per heavy atom. The van der Waals surface area contributed by atoms with E-state index in [1.165, 1.54) is 24.2 Å². The van der Waals surface area contributed by atoms with Crippen molar-refractivity contribution in [2.75, 3.05) is 20.2 Å². The molecule has 1 aliphatic heterocycles. The number of esters is 1. The molecule has 148 valence electrons. The van der Waals surface area contributed by atoms with E-state index in [-0.39, 0.29) is 45.6 Å². The van der Waals surface area contributed by atoms with Gasteiger partial charge >= 0.3 is 12.0 Å². The van der Waals surface area contributed by atoms with E-state index in [1.807, 2.05) is 6.92 Å². The average Bonchev–Trinajstić information content (AvgIpc) is 2.94. The van der Waals surface area contributed by atoms with E-state index in [9.17, 15) is 14.4 Å². The first kappa shape index (κ1) is 22.5. The highest BCUT2D eigenvalue weighted by Crippen LogP contribution is 2.30.